The average Bonchev–Trinajstić information content (AvgIpc) is 2.71. The lowest BCUT2D eigenvalue weighted by molar-refractivity contribution is -0.122. The van der Waals surface area contributed by atoms with Crippen LogP contribution in [0.25, 0.3) is 0 Å². The summed E-state index contributed by atoms with van der Waals surface area (Å²) >= 11 is 0. The molecule has 2 rings (SSSR count). The fourth-order valence-corrected chi connectivity index (χ4v) is 2.82. The van der Waals surface area contributed by atoms with Crippen molar-refractivity contribution in [3.63, 3.8) is 0 Å². The summed E-state index contributed by atoms with van der Waals surface area (Å²) in [5.74, 6) is 0.0380. The highest BCUT2D eigenvalue weighted by Crippen LogP contribution is 2.24. The van der Waals surface area contributed by atoms with Crippen molar-refractivity contribution >= 4 is 17.6 Å². The maximum absolute atomic E-state index is 12.4. The molecular formula is C25H33NO4. The Labute approximate surface area is 179 Å². The van der Waals surface area contributed by atoms with Gasteiger partial charge in [-0.3, -0.25) is 4.79 Å². The van der Waals surface area contributed by atoms with Crippen molar-refractivity contribution in [2.75, 3.05) is 11.9 Å². The average molecular weight is 412 g/mol. The van der Waals surface area contributed by atoms with Gasteiger partial charge in [0.2, 0.25) is 0 Å². The lowest BCUT2D eigenvalue weighted by Crippen LogP contribution is -2.30. The van der Waals surface area contributed by atoms with Crippen LogP contribution in [0.1, 0.15) is 69.8 Å². The third kappa shape index (κ3) is 7.21. The molecule has 2 aromatic carbocycles. The number of hydrogen-bond acceptors (Lipinski definition) is 4. The highest BCUT2D eigenvalue weighted by Gasteiger charge is 2.17. The molecule has 0 aromatic heterocycles. The van der Waals surface area contributed by atoms with Crippen LogP contribution in [-0.2, 0) is 14.9 Å². The summed E-state index contributed by atoms with van der Waals surface area (Å²) in [6, 6.07) is 14.5. The molecule has 0 spiro atoms. The zero-order valence-electron chi connectivity index (χ0n) is 18.7. The van der Waals surface area contributed by atoms with Crippen molar-refractivity contribution in [1.29, 1.82) is 0 Å². The second-order valence-corrected chi connectivity index (χ2v) is 8.44. The quantitative estimate of drug-likeness (QED) is 0.422. The van der Waals surface area contributed by atoms with Gasteiger partial charge in [-0.25, -0.2) is 4.79 Å². The second kappa shape index (κ2) is 10.8. The number of unbranched alkanes of at least 4 members (excludes halogenated alkanes) is 2. The Bertz CT molecular complexity index is 820. The SMILES string of the molecule is CCCCCOC(=O)c1ccc(NC(=O)C(C)Oc2ccc(C(C)(C)C)cc2)cc1. The molecule has 0 aliphatic rings. The molecule has 5 heteroatoms. The topological polar surface area (TPSA) is 64.6 Å². The Balaban J connectivity index is 1.87. The number of carbonyl (C=O) groups is 2. The van der Waals surface area contributed by atoms with Crippen molar-refractivity contribution in [2.45, 2.75) is 65.4 Å². The highest BCUT2D eigenvalue weighted by molar-refractivity contribution is 5.95. The normalized spacial score (nSPS) is 12.2. The number of anilines is 1. The van der Waals surface area contributed by atoms with Crippen LogP contribution >= 0.6 is 0 Å². The van der Waals surface area contributed by atoms with E-state index in [1.165, 1.54) is 5.56 Å². The van der Waals surface area contributed by atoms with Crippen molar-refractivity contribution < 1.29 is 19.1 Å². The van der Waals surface area contributed by atoms with Gasteiger partial charge in [0.1, 0.15) is 5.75 Å². The first-order valence-electron chi connectivity index (χ1n) is 10.6. The molecule has 0 fully saturated rings. The number of hydrogen-bond donors (Lipinski definition) is 1. The Morgan fingerprint density at radius 1 is 0.967 bits per heavy atom. The van der Waals surface area contributed by atoms with E-state index in [4.69, 9.17) is 9.47 Å². The summed E-state index contributed by atoms with van der Waals surface area (Å²) in [6.07, 6.45) is 2.33. The fraction of sp³-hybridized carbons (Fsp3) is 0.440. The van der Waals surface area contributed by atoms with E-state index in [0.717, 1.165) is 19.3 Å². The molecule has 0 aliphatic carbocycles. The number of carbonyl (C=O) groups excluding carboxylic acids is 2. The Morgan fingerprint density at radius 2 is 1.60 bits per heavy atom. The molecule has 30 heavy (non-hydrogen) atoms. The fourth-order valence-electron chi connectivity index (χ4n) is 2.82. The number of amides is 1. The van der Waals surface area contributed by atoms with Crippen LogP contribution in [-0.4, -0.2) is 24.6 Å². The molecule has 162 valence electrons. The maximum Gasteiger partial charge on any atom is 0.338 e. The minimum atomic E-state index is -0.659. The molecule has 0 saturated carbocycles. The number of ether oxygens (including phenoxy) is 2. The molecule has 1 unspecified atom stereocenters. The second-order valence-electron chi connectivity index (χ2n) is 8.44. The predicted molar refractivity (Wildman–Crippen MR) is 120 cm³/mol. The molecule has 1 amide bonds. The molecular weight excluding hydrogens is 378 g/mol. The minimum absolute atomic E-state index is 0.0651. The minimum Gasteiger partial charge on any atom is -0.481 e. The number of benzene rings is 2. The first kappa shape index (κ1) is 23.5. The molecule has 0 saturated heterocycles. The van der Waals surface area contributed by atoms with Gasteiger partial charge < -0.3 is 14.8 Å². The third-order valence-electron chi connectivity index (χ3n) is 4.77. The molecule has 0 bridgehead atoms. The monoisotopic (exact) mass is 411 g/mol. The van der Waals surface area contributed by atoms with Crippen molar-refractivity contribution in [3.05, 3.63) is 59.7 Å². The Morgan fingerprint density at radius 3 is 2.17 bits per heavy atom. The van der Waals surface area contributed by atoms with Gasteiger partial charge in [-0.1, -0.05) is 52.7 Å². The van der Waals surface area contributed by atoms with Crippen LogP contribution in [0, 0.1) is 0 Å². The number of rotatable bonds is 9. The number of esters is 1. The van der Waals surface area contributed by atoms with Crippen LogP contribution in [0.15, 0.2) is 48.5 Å². The molecule has 0 heterocycles. The van der Waals surface area contributed by atoms with Crippen LogP contribution in [0.4, 0.5) is 5.69 Å². The van der Waals surface area contributed by atoms with Gasteiger partial charge in [-0.2, -0.15) is 0 Å². The Hall–Kier alpha value is -2.82. The van der Waals surface area contributed by atoms with Crippen molar-refractivity contribution in [1.82, 2.24) is 0 Å². The molecule has 0 aliphatic heterocycles. The summed E-state index contributed by atoms with van der Waals surface area (Å²) in [7, 11) is 0. The summed E-state index contributed by atoms with van der Waals surface area (Å²) in [6.45, 7) is 10.7. The standard InChI is InChI=1S/C25H33NO4/c1-6-7-8-17-29-24(28)19-9-13-21(14-10-19)26-23(27)18(2)30-22-15-11-20(12-16-22)25(3,4)5/h9-16,18H,6-8,17H2,1-5H3,(H,26,27). The van der Waals surface area contributed by atoms with Crippen molar-refractivity contribution in [2.24, 2.45) is 0 Å². The van der Waals surface area contributed by atoms with Crippen LogP contribution in [0.2, 0.25) is 0 Å². The first-order valence-corrected chi connectivity index (χ1v) is 10.6. The molecule has 2 aromatic rings. The number of nitrogens with one attached hydrogen (secondary N) is 1. The summed E-state index contributed by atoms with van der Waals surface area (Å²) < 4.78 is 11.0. The maximum atomic E-state index is 12.4. The predicted octanol–water partition coefficient (Wildman–Crippen LogP) is 5.74. The van der Waals surface area contributed by atoms with Gasteiger partial charge in [0, 0.05) is 5.69 Å². The highest BCUT2D eigenvalue weighted by atomic mass is 16.5. The molecule has 0 radical (unpaired) electrons. The summed E-state index contributed by atoms with van der Waals surface area (Å²) in [5, 5.41) is 2.81. The van der Waals surface area contributed by atoms with Gasteiger partial charge in [-0.05, 0) is 60.7 Å². The summed E-state index contributed by atoms with van der Waals surface area (Å²) in [4.78, 5) is 24.4. The summed E-state index contributed by atoms with van der Waals surface area (Å²) in [5.41, 5.74) is 2.33. The van der Waals surface area contributed by atoms with Crippen molar-refractivity contribution in [3.8, 4) is 5.75 Å². The van der Waals surface area contributed by atoms with Gasteiger partial charge >= 0.3 is 5.97 Å². The van der Waals surface area contributed by atoms with Crippen LogP contribution in [0.3, 0.4) is 0 Å². The van der Waals surface area contributed by atoms with Crippen LogP contribution in [0.5, 0.6) is 5.75 Å². The van der Waals surface area contributed by atoms with E-state index in [1.807, 2.05) is 24.3 Å². The van der Waals surface area contributed by atoms with Gasteiger partial charge in [0.25, 0.3) is 5.91 Å². The van der Waals surface area contributed by atoms with Gasteiger partial charge in [-0.15, -0.1) is 0 Å². The zero-order valence-corrected chi connectivity index (χ0v) is 18.7. The lowest BCUT2D eigenvalue weighted by Gasteiger charge is -2.20. The largest absolute Gasteiger partial charge is 0.481 e. The van der Waals surface area contributed by atoms with E-state index in [0.29, 0.717) is 23.6 Å². The zero-order chi connectivity index (χ0) is 22.1. The molecule has 1 N–H and O–H groups in total. The van der Waals surface area contributed by atoms with E-state index in [9.17, 15) is 9.59 Å². The smallest absolute Gasteiger partial charge is 0.338 e. The van der Waals surface area contributed by atoms with Gasteiger partial charge in [0.05, 0.1) is 12.2 Å². The lowest BCUT2D eigenvalue weighted by atomic mass is 9.87. The van der Waals surface area contributed by atoms with Gasteiger partial charge in [0.15, 0.2) is 6.10 Å². The Kier molecular flexibility index (Phi) is 8.46. The molecule has 1 atom stereocenters. The van der Waals surface area contributed by atoms with E-state index in [1.54, 1.807) is 31.2 Å². The molecule has 5 nitrogen and oxygen atoms in total. The van der Waals surface area contributed by atoms with E-state index in [-0.39, 0.29) is 17.3 Å². The van der Waals surface area contributed by atoms with E-state index >= 15 is 0 Å². The third-order valence-corrected chi connectivity index (χ3v) is 4.77. The first-order chi connectivity index (χ1) is 14.2. The van der Waals surface area contributed by atoms with Crippen LogP contribution < -0.4 is 10.1 Å². The van der Waals surface area contributed by atoms with E-state index < -0.39 is 6.10 Å². The van der Waals surface area contributed by atoms with E-state index in [2.05, 4.69) is 33.0 Å².